The number of hydrogen-bond acceptors (Lipinski definition) is 2. The van der Waals surface area contributed by atoms with Gasteiger partial charge in [0, 0.05) is 25.6 Å². The third kappa shape index (κ3) is 2.08. The smallest absolute Gasteiger partial charge is 0.217 e. The van der Waals surface area contributed by atoms with E-state index in [-0.39, 0.29) is 5.91 Å². The fraction of sp³-hybridized carbons (Fsp3) is 0.500. The van der Waals surface area contributed by atoms with Crippen LogP contribution in [0.4, 0.5) is 0 Å². The highest BCUT2D eigenvalue weighted by Gasteiger charge is 2.02. The molecule has 1 aromatic rings. The lowest BCUT2D eigenvalue weighted by Crippen LogP contribution is -2.11. The summed E-state index contributed by atoms with van der Waals surface area (Å²) in [6, 6.07) is 1.96. The topological polar surface area (TPSA) is 60.9 Å². The molecule has 0 aliphatic heterocycles. The van der Waals surface area contributed by atoms with E-state index in [9.17, 15) is 4.79 Å². The number of rotatable bonds is 3. The van der Waals surface area contributed by atoms with Crippen molar-refractivity contribution in [2.75, 3.05) is 0 Å². The van der Waals surface area contributed by atoms with E-state index in [4.69, 9.17) is 5.73 Å². The van der Waals surface area contributed by atoms with Crippen LogP contribution in [0.3, 0.4) is 0 Å². The van der Waals surface area contributed by atoms with Crippen LogP contribution in [-0.4, -0.2) is 15.7 Å². The molecule has 0 unspecified atom stereocenters. The highest BCUT2D eigenvalue weighted by atomic mass is 16.1. The molecule has 1 rings (SSSR count). The normalized spacial score (nSPS) is 10.2. The van der Waals surface area contributed by atoms with Gasteiger partial charge in [-0.1, -0.05) is 0 Å². The van der Waals surface area contributed by atoms with Crippen LogP contribution < -0.4 is 5.73 Å². The minimum absolute atomic E-state index is 0.279. The maximum absolute atomic E-state index is 10.5. The van der Waals surface area contributed by atoms with Crippen LogP contribution in [0.15, 0.2) is 6.07 Å². The minimum Gasteiger partial charge on any atom is -0.370 e. The Balaban J connectivity index is 2.58. The fourth-order valence-corrected chi connectivity index (χ4v) is 1.01. The van der Waals surface area contributed by atoms with Gasteiger partial charge in [0.1, 0.15) is 0 Å². The summed E-state index contributed by atoms with van der Waals surface area (Å²) >= 11 is 0. The van der Waals surface area contributed by atoms with Crippen molar-refractivity contribution in [2.45, 2.75) is 19.8 Å². The van der Waals surface area contributed by atoms with Crippen molar-refractivity contribution in [3.05, 3.63) is 17.5 Å². The average molecular weight is 167 g/mol. The number of nitrogens with two attached hydrogens (primary N) is 1. The summed E-state index contributed by atoms with van der Waals surface area (Å²) in [5, 5.41) is 4.19. The molecule has 2 N–H and O–H groups in total. The van der Waals surface area contributed by atoms with Crippen LogP contribution >= 0.6 is 0 Å². The van der Waals surface area contributed by atoms with Gasteiger partial charge in [-0.25, -0.2) is 0 Å². The zero-order chi connectivity index (χ0) is 9.14. The lowest BCUT2D eigenvalue weighted by Gasteiger charge is -1.91. The lowest BCUT2D eigenvalue weighted by molar-refractivity contribution is -0.118. The highest BCUT2D eigenvalue weighted by molar-refractivity contribution is 5.73. The summed E-state index contributed by atoms with van der Waals surface area (Å²) in [7, 11) is 1.88. The van der Waals surface area contributed by atoms with Crippen LogP contribution in [0.2, 0.25) is 0 Å². The summed E-state index contributed by atoms with van der Waals surface area (Å²) < 4.78 is 1.79. The first-order valence-electron chi connectivity index (χ1n) is 3.87. The van der Waals surface area contributed by atoms with Gasteiger partial charge in [-0.05, 0) is 13.0 Å². The fourth-order valence-electron chi connectivity index (χ4n) is 1.01. The van der Waals surface area contributed by atoms with Crippen molar-refractivity contribution in [1.82, 2.24) is 9.78 Å². The molecule has 0 atom stereocenters. The maximum atomic E-state index is 10.5. The zero-order valence-electron chi connectivity index (χ0n) is 7.37. The standard InChI is InChI=1S/C8H13N3O/c1-6-5-7(10-11(6)2)3-4-8(9)12/h5H,3-4H2,1-2H3,(H2,9,12). The predicted molar refractivity (Wildman–Crippen MR) is 45.5 cm³/mol. The Labute approximate surface area is 71.4 Å². The SMILES string of the molecule is Cc1cc(CCC(N)=O)nn1C. The molecular weight excluding hydrogens is 154 g/mol. The maximum Gasteiger partial charge on any atom is 0.217 e. The Morgan fingerprint density at radius 2 is 2.42 bits per heavy atom. The van der Waals surface area contributed by atoms with E-state index in [1.165, 1.54) is 0 Å². The Hall–Kier alpha value is -1.32. The van der Waals surface area contributed by atoms with Gasteiger partial charge < -0.3 is 5.73 Å². The van der Waals surface area contributed by atoms with Crippen molar-refractivity contribution >= 4 is 5.91 Å². The largest absolute Gasteiger partial charge is 0.370 e. The van der Waals surface area contributed by atoms with Gasteiger partial charge in [-0.15, -0.1) is 0 Å². The summed E-state index contributed by atoms with van der Waals surface area (Å²) in [6.07, 6.45) is 1.01. The van der Waals surface area contributed by atoms with Gasteiger partial charge >= 0.3 is 0 Å². The molecule has 0 radical (unpaired) electrons. The van der Waals surface area contributed by atoms with E-state index >= 15 is 0 Å². The van der Waals surface area contributed by atoms with Gasteiger partial charge in [0.25, 0.3) is 0 Å². The van der Waals surface area contributed by atoms with Gasteiger partial charge in [0.2, 0.25) is 5.91 Å². The molecule has 0 aromatic carbocycles. The molecule has 0 bridgehead atoms. The second-order valence-electron chi connectivity index (χ2n) is 2.87. The van der Waals surface area contributed by atoms with E-state index in [1.54, 1.807) is 4.68 Å². The molecule has 0 spiro atoms. The molecule has 0 aliphatic rings. The summed E-state index contributed by atoms with van der Waals surface area (Å²) in [4.78, 5) is 10.5. The molecule has 0 fully saturated rings. The Morgan fingerprint density at radius 1 is 1.75 bits per heavy atom. The Bertz CT molecular complexity index is 271. The molecule has 0 saturated heterocycles. The lowest BCUT2D eigenvalue weighted by atomic mass is 10.2. The highest BCUT2D eigenvalue weighted by Crippen LogP contribution is 2.03. The molecule has 1 amide bonds. The molecule has 66 valence electrons. The zero-order valence-corrected chi connectivity index (χ0v) is 7.37. The molecular formula is C8H13N3O. The number of aromatic nitrogens is 2. The molecule has 0 saturated carbocycles. The number of amides is 1. The van der Waals surface area contributed by atoms with Crippen molar-refractivity contribution in [3.63, 3.8) is 0 Å². The second-order valence-corrected chi connectivity index (χ2v) is 2.87. The monoisotopic (exact) mass is 167 g/mol. The van der Waals surface area contributed by atoms with Gasteiger partial charge in [-0.2, -0.15) is 5.10 Å². The molecule has 1 heterocycles. The molecule has 4 heteroatoms. The summed E-state index contributed by atoms with van der Waals surface area (Å²) in [5.41, 5.74) is 7.03. The second kappa shape index (κ2) is 3.38. The van der Waals surface area contributed by atoms with E-state index in [1.807, 2.05) is 20.0 Å². The van der Waals surface area contributed by atoms with Crippen molar-refractivity contribution in [2.24, 2.45) is 12.8 Å². The molecule has 0 aliphatic carbocycles. The molecule has 4 nitrogen and oxygen atoms in total. The van der Waals surface area contributed by atoms with Crippen molar-refractivity contribution in [1.29, 1.82) is 0 Å². The molecule has 12 heavy (non-hydrogen) atoms. The Morgan fingerprint density at radius 3 is 2.83 bits per heavy atom. The first-order chi connectivity index (χ1) is 5.59. The van der Waals surface area contributed by atoms with Crippen molar-refractivity contribution < 1.29 is 4.79 Å². The summed E-state index contributed by atoms with van der Waals surface area (Å²) in [5.74, 6) is -0.279. The first kappa shape index (κ1) is 8.77. The van der Waals surface area contributed by atoms with Crippen LogP contribution in [0.5, 0.6) is 0 Å². The third-order valence-electron chi connectivity index (χ3n) is 1.79. The van der Waals surface area contributed by atoms with Crippen LogP contribution in [0, 0.1) is 6.92 Å². The van der Waals surface area contributed by atoms with Crippen LogP contribution in [0.1, 0.15) is 17.8 Å². The minimum atomic E-state index is -0.279. The number of hydrogen-bond donors (Lipinski definition) is 1. The summed E-state index contributed by atoms with van der Waals surface area (Å²) in [6.45, 7) is 1.97. The van der Waals surface area contributed by atoms with E-state index < -0.39 is 0 Å². The quantitative estimate of drug-likeness (QED) is 0.696. The Kier molecular flexibility index (Phi) is 2.47. The molecule has 1 aromatic heterocycles. The van der Waals surface area contributed by atoms with Gasteiger partial charge in [0.05, 0.1) is 5.69 Å². The average Bonchev–Trinajstić information content (AvgIpc) is 2.28. The number of nitrogens with zero attached hydrogens (tertiary/aromatic N) is 2. The van der Waals surface area contributed by atoms with Crippen LogP contribution in [-0.2, 0) is 18.3 Å². The predicted octanol–water partition coefficient (Wildman–Crippen LogP) is 0.146. The van der Waals surface area contributed by atoms with Crippen LogP contribution in [0.25, 0.3) is 0 Å². The number of carbonyl (C=O) groups is 1. The third-order valence-corrected chi connectivity index (χ3v) is 1.79. The first-order valence-corrected chi connectivity index (χ1v) is 3.87. The van der Waals surface area contributed by atoms with E-state index in [0.29, 0.717) is 12.8 Å². The number of primary amides is 1. The van der Waals surface area contributed by atoms with Gasteiger partial charge in [0.15, 0.2) is 0 Å². The van der Waals surface area contributed by atoms with Crippen molar-refractivity contribution in [3.8, 4) is 0 Å². The van der Waals surface area contributed by atoms with Gasteiger partial charge in [-0.3, -0.25) is 9.48 Å². The van der Waals surface area contributed by atoms with E-state index in [0.717, 1.165) is 11.4 Å². The number of carbonyl (C=O) groups excluding carboxylic acids is 1. The van der Waals surface area contributed by atoms with E-state index in [2.05, 4.69) is 5.10 Å². The number of aryl methyl sites for hydroxylation is 3.